The summed E-state index contributed by atoms with van der Waals surface area (Å²) in [7, 11) is 0. The van der Waals surface area contributed by atoms with Gasteiger partial charge in [0.15, 0.2) is 0 Å². The molecule has 0 radical (unpaired) electrons. The Labute approximate surface area is 81.3 Å². The summed E-state index contributed by atoms with van der Waals surface area (Å²) in [5, 5.41) is 0. The van der Waals surface area contributed by atoms with Gasteiger partial charge in [-0.15, -0.1) is 0 Å². The average Bonchev–Trinajstić information content (AvgIpc) is 2.45. The van der Waals surface area contributed by atoms with Gasteiger partial charge >= 0.3 is 0 Å². The first-order valence-electron chi connectivity index (χ1n) is 5.56. The van der Waals surface area contributed by atoms with Gasteiger partial charge in [0, 0.05) is 12.1 Å². The normalized spacial score (nSPS) is 35.3. The van der Waals surface area contributed by atoms with Crippen LogP contribution in [0.2, 0.25) is 0 Å². The van der Waals surface area contributed by atoms with Gasteiger partial charge in [0.05, 0.1) is 13.2 Å². The molecule has 2 heteroatoms. The van der Waals surface area contributed by atoms with Crippen LogP contribution in [-0.4, -0.2) is 36.7 Å². The highest BCUT2D eigenvalue weighted by molar-refractivity contribution is 4.98. The summed E-state index contributed by atoms with van der Waals surface area (Å²) in [5.74, 6) is 0.794. The van der Waals surface area contributed by atoms with Crippen molar-refractivity contribution in [2.45, 2.75) is 38.6 Å². The molecule has 0 spiro atoms. The molecule has 1 unspecified atom stereocenters. The minimum Gasteiger partial charge on any atom is -0.378 e. The Hall–Kier alpha value is -0.0800. The van der Waals surface area contributed by atoms with Crippen LogP contribution < -0.4 is 0 Å². The highest BCUT2D eigenvalue weighted by Crippen LogP contribution is 2.36. The fourth-order valence-electron chi connectivity index (χ4n) is 2.99. The van der Waals surface area contributed by atoms with Crippen LogP contribution in [0.3, 0.4) is 0 Å². The lowest BCUT2D eigenvalue weighted by Gasteiger charge is -2.43. The van der Waals surface area contributed by atoms with Crippen LogP contribution in [0.1, 0.15) is 33.1 Å². The van der Waals surface area contributed by atoms with E-state index in [-0.39, 0.29) is 0 Å². The molecule has 76 valence electrons. The molecule has 2 nitrogen and oxygen atoms in total. The van der Waals surface area contributed by atoms with E-state index in [1.165, 1.54) is 25.8 Å². The van der Waals surface area contributed by atoms with Gasteiger partial charge in [0.1, 0.15) is 0 Å². The van der Waals surface area contributed by atoms with Gasteiger partial charge in [-0.1, -0.05) is 13.8 Å². The van der Waals surface area contributed by atoms with Gasteiger partial charge in [-0.25, -0.2) is 0 Å². The third-order valence-electron chi connectivity index (χ3n) is 3.41. The van der Waals surface area contributed by atoms with Gasteiger partial charge in [-0.2, -0.15) is 0 Å². The summed E-state index contributed by atoms with van der Waals surface area (Å²) in [6.07, 6.45) is 4.04. The zero-order valence-corrected chi connectivity index (χ0v) is 8.88. The number of rotatable bonds is 2. The molecule has 0 amide bonds. The molecule has 2 rings (SSSR count). The molecule has 2 saturated heterocycles. The number of ether oxygens (including phenoxy) is 1. The molecular formula is C11H21NO. The molecule has 2 aliphatic heterocycles. The van der Waals surface area contributed by atoms with E-state index in [4.69, 9.17) is 4.74 Å². The quantitative estimate of drug-likeness (QED) is 0.648. The Morgan fingerprint density at radius 1 is 1.38 bits per heavy atom. The van der Waals surface area contributed by atoms with Crippen molar-refractivity contribution in [2.24, 2.45) is 5.92 Å². The molecule has 13 heavy (non-hydrogen) atoms. The third-order valence-corrected chi connectivity index (χ3v) is 3.41. The van der Waals surface area contributed by atoms with Gasteiger partial charge in [0.25, 0.3) is 0 Å². The van der Waals surface area contributed by atoms with Crippen molar-refractivity contribution in [3.05, 3.63) is 0 Å². The Morgan fingerprint density at radius 2 is 2.23 bits per heavy atom. The molecule has 2 heterocycles. The average molecular weight is 183 g/mol. The van der Waals surface area contributed by atoms with E-state index in [0.29, 0.717) is 5.54 Å². The standard InChI is InChI=1S/C11H21NO/c1-10(2)8-11-4-3-5-12(11)6-7-13-9-11/h10H,3-9H2,1-2H3. The van der Waals surface area contributed by atoms with E-state index in [1.54, 1.807) is 0 Å². The SMILES string of the molecule is CC(C)CC12CCCN1CCOC2. The molecular weight excluding hydrogens is 162 g/mol. The first-order valence-corrected chi connectivity index (χ1v) is 5.56. The Morgan fingerprint density at radius 3 is 3.00 bits per heavy atom. The van der Waals surface area contributed by atoms with E-state index in [9.17, 15) is 0 Å². The summed E-state index contributed by atoms with van der Waals surface area (Å²) in [6, 6.07) is 0. The first-order chi connectivity index (χ1) is 6.23. The summed E-state index contributed by atoms with van der Waals surface area (Å²) < 4.78 is 5.65. The number of fused-ring (bicyclic) bond motifs is 1. The Kier molecular flexibility index (Phi) is 2.61. The maximum atomic E-state index is 5.65. The second kappa shape index (κ2) is 3.58. The lowest BCUT2D eigenvalue weighted by molar-refractivity contribution is -0.0556. The van der Waals surface area contributed by atoms with Crippen molar-refractivity contribution in [1.82, 2.24) is 4.90 Å². The molecule has 2 fully saturated rings. The fourth-order valence-corrected chi connectivity index (χ4v) is 2.99. The molecule has 1 atom stereocenters. The predicted octanol–water partition coefficient (Wildman–Crippen LogP) is 1.90. The van der Waals surface area contributed by atoms with E-state index < -0.39 is 0 Å². The summed E-state index contributed by atoms with van der Waals surface area (Å²) >= 11 is 0. The van der Waals surface area contributed by atoms with Crippen molar-refractivity contribution in [3.63, 3.8) is 0 Å². The predicted molar refractivity (Wildman–Crippen MR) is 53.8 cm³/mol. The van der Waals surface area contributed by atoms with Gasteiger partial charge < -0.3 is 4.74 Å². The van der Waals surface area contributed by atoms with Crippen LogP contribution >= 0.6 is 0 Å². The number of hydrogen-bond acceptors (Lipinski definition) is 2. The number of nitrogens with zero attached hydrogens (tertiary/aromatic N) is 1. The third kappa shape index (κ3) is 1.75. The van der Waals surface area contributed by atoms with Crippen LogP contribution in [-0.2, 0) is 4.74 Å². The summed E-state index contributed by atoms with van der Waals surface area (Å²) in [5.41, 5.74) is 0.423. The van der Waals surface area contributed by atoms with E-state index >= 15 is 0 Å². The van der Waals surface area contributed by atoms with Crippen molar-refractivity contribution >= 4 is 0 Å². The first kappa shape index (κ1) is 9.47. The second-order valence-corrected chi connectivity index (χ2v) is 4.97. The second-order valence-electron chi connectivity index (χ2n) is 4.97. The molecule has 0 aliphatic carbocycles. The highest BCUT2D eigenvalue weighted by Gasteiger charge is 2.43. The lowest BCUT2D eigenvalue weighted by atomic mass is 9.86. The van der Waals surface area contributed by atoms with Gasteiger partial charge in [-0.05, 0) is 31.7 Å². The smallest absolute Gasteiger partial charge is 0.0651 e. The van der Waals surface area contributed by atoms with Crippen molar-refractivity contribution in [3.8, 4) is 0 Å². The minimum absolute atomic E-state index is 0.423. The van der Waals surface area contributed by atoms with Crippen LogP contribution in [0.4, 0.5) is 0 Å². The molecule has 0 saturated carbocycles. The number of morpholine rings is 1. The maximum Gasteiger partial charge on any atom is 0.0651 e. The topological polar surface area (TPSA) is 12.5 Å². The van der Waals surface area contributed by atoms with E-state index in [1.807, 2.05) is 0 Å². The van der Waals surface area contributed by atoms with Crippen molar-refractivity contribution in [2.75, 3.05) is 26.3 Å². The van der Waals surface area contributed by atoms with Crippen LogP contribution in [0.25, 0.3) is 0 Å². The molecule has 0 aromatic rings. The monoisotopic (exact) mass is 183 g/mol. The lowest BCUT2D eigenvalue weighted by Crippen LogP contribution is -2.53. The van der Waals surface area contributed by atoms with E-state index in [0.717, 1.165) is 25.7 Å². The van der Waals surface area contributed by atoms with Crippen molar-refractivity contribution < 1.29 is 4.74 Å². The molecule has 2 aliphatic rings. The van der Waals surface area contributed by atoms with Crippen LogP contribution in [0.15, 0.2) is 0 Å². The minimum atomic E-state index is 0.423. The molecule has 0 bridgehead atoms. The summed E-state index contributed by atoms with van der Waals surface area (Å²) in [6.45, 7) is 9.02. The highest BCUT2D eigenvalue weighted by atomic mass is 16.5. The molecule has 0 aromatic heterocycles. The zero-order chi connectivity index (χ0) is 9.31. The maximum absolute atomic E-state index is 5.65. The Bertz CT molecular complexity index is 181. The fraction of sp³-hybridized carbons (Fsp3) is 1.00. The molecule has 0 N–H and O–H groups in total. The van der Waals surface area contributed by atoms with Crippen LogP contribution in [0.5, 0.6) is 0 Å². The largest absolute Gasteiger partial charge is 0.378 e. The number of hydrogen-bond donors (Lipinski definition) is 0. The van der Waals surface area contributed by atoms with E-state index in [2.05, 4.69) is 18.7 Å². The van der Waals surface area contributed by atoms with Gasteiger partial charge in [0.2, 0.25) is 0 Å². The molecule has 0 aromatic carbocycles. The van der Waals surface area contributed by atoms with Crippen molar-refractivity contribution in [1.29, 1.82) is 0 Å². The zero-order valence-electron chi connectivity index (χ0n) is 8.88. The van der Waals surface area contributed by atoms with Gasteiger partial charge in [-0.3, -0.25) is 4.90 Å². The van der Waals surface area contributed by atoms with Crippen LogP contribution in [0, 0.1) is 5.92 Å². The summed E-state index contributed by atoms with van der Waals surface area (Å²) in [4.78, 5) is 2.66. The Balaban J connectivity index is 2.06.